The standard InChI is InChI=1S/C16H11BrN.C13H9.2ClH.S.Zr/c1-18-14-5-3-2-4-13(14)16-12-7-6-11(17)8-10(12)9-15(16)18;1-3-7-12-10(5-1)9-11-6-2-4-8-13(11)12;;;;/h2-7H,9H2,1H3;1-9H;2*1H;;/q;;;;;+2/p-2. The number of aryl methyl sites for hydroxylation is 1. The number of hydrogen-bond donors (Lipinski definition) is 0. The maximum absolute atomic E-state index is 6.62. The second-order valence-corrected chi connectivity index (χ2v) is 16.9. The molecule has 0 saturated carbocycles. The van der Waals surface area contributed by atoms with E-state index in [2.05, 4.69) is 112 Å². The fourth-order valence-electron chi connectivity index (χ4n) is 6.01. The summed E-state index contributed by atoms with van der Waals surface area (Å²) in [6.07, 6.45) is 0.974. The molecule has 0 atom stereocenters. The summed E-state index contributed by atoms with van der Waals surface area (Å²) >= 11 is 1.39. The summed E-state index contributed by atoms with van der Waals surface area (Å²) in [5.41, 5.74) is 12.6. The molecule has 0 saturated heterocycles. The van der Waals surface area contributed by atoms with Gasteiger partial charge in [0.15, 0.2) is 0 Å². The Kier molecular flexibility index (Phi) is 6.83. The SMILES string of the molecule is Cn1c2c(c3ccccc31)-c1ccc(Br)[c]([Zr+2](=[S])[CH]3c4ccccc4-c4ccccc43)c1C2.[Cl-].[Cl-]. The summed E-state index contributed by atoms with van der Waals surface area (Å²) in [6.45, 7) is 0. The molecule has 6 heteroatoms. The molecule has 0 amide bonds. The number of rotatable bonds is 2. The van der Waals surface area contributed by atoms with Crippen LogP contribution in [0.2, 0.25) is 0 Å². The molecule has 1 aromatic heterocycles. The predicted octanol–water partition coefficient (Wildman–Crippen LogP) is 1.65. The molecule has 0 aliphatic heterocycles. The van der Waals surface area contributed by atoms with Crippen molar-refractivity contribution in [3.8, 4) is 22.3 Å². The summed E-state index contributed by atoms with van der Waals surface area (Å²) in [7, 11) is 8.83. The van der Waals surface area contributed by atoms with Gasteiger partial charge in [0.2, 0.25) is 0 Å². The van der Waals surface area contributed by atoms with Gasteiger partial charge in [-0.05, 0) is 0 Å². The minimum absolute atomic E-state index is 0. The number of fused-ring (bicyclic) bond motifs is 8. The van der Waals surface area contributed by atoms with E-state index in [1.165, 1.54) is 63.3 Å². The smallest absolute Gasteiger partial charge is 1.00 e. The Bertz CT molecular complexity index is 1610. The van der Waals surface area contributed by atoms with Crippen LogP contribution in [0.15, 0.2) is 89.4 Å². The Morgan fingerprint density at radius 2 is 1.40 bits per heavy atom. The minimum Gasteiger partial charge on any atom is -1.00 e. The van der Waals surface area contributed by atoms with Gasteiger partial charge in [-0.3, -0.25) is 0 Å². The summed E-state index contributed by atoms with van der Waals surface area (Å²) in [6, 6.07) is 31.2. The maximum atomic E-state index is 6.62. The molecule has 4 aromatic carbocycles. The second kappa shape index (κ2) is 9.47. The van der Waals surface area contributed by atoms with Crippen molar-refractivity contribution in [2.45, 2.75) is 10.0 Å². The van der Waals surface area contributed by atoms with Gasteiger partial charge in [0.25, 0.3) is 0 Å². The minimum atomic E-state index is -2.57. The molecule has 1 nitrogen and oxygen atoms in total. The zero-order valence-electron chi connectivity index (χ0n) is 18.9. The van der Waals surface area contributed by atoms with E-state index in [1.807, 2.05) is 0 Å². The Balaban J connectivity index is 0.00000127. The van der Waals surface area contributed by atoms with Crippen molar-refractivity contribution >= 4 is 39.0 Å². The topological polar surface area (TPSA) is 4.93 Å². The fourth-order valence-corrected chi connectivity index (χ4v) is 16.7. The van der Waals surface area contributed by atoms with Crippen LogP contribution >= 0.6 is 24.8 Å². The Hall–Kier alpha value is -1.42. The first-order chi connectivity index (χ1) is 16.1. The van der Waals surface area contributed by atoms with Crippen molar-refractivity contribution in [1.29, 1.82) is 0 Å². The molecule has 0 N–H and O–H groups in total. The molecule has 0 unspecified atom stereocenters. The molecule has 5 aromatic rings. The van der Waals surface area contributed by atoms with Gasteiger partial charge in [-0.2, -0.15) is 0 Å². The molecular weight excluding hydrogens is 636 g/mol. The first kappa shape index (κ1) is 25.2. The molecule has 1 heterocycles. The molecule has 2 aliphatic carbocycles. The van der Waals surface area contributed by atoms with Crippen molar-refractivity contribution in [3.63, 3.8) is 0 Å². The van der Waals surface area contributed by atoms with Crippen LogP contribution in [0, 0.1) is 0 Å². The van der Waals surface area contributed by atoms with Crippen LogP contribution in [0.3, 0.4) is 0 Å². The third kappa shape index (κ3) is 3.56. The van der Waals surface area contributed by atoms with E-state index in [-0.39, 0.29) is 24.8 Å². The summed E-state index contributed by atoms with van der Waals surface area (Å²) in [5, 5.41) is 1.35. The molecule has 172 valence electrons. The molecule has 0 radical (unpaired) electrons. The quantitative estimate of drug-likeness (QED) is 0.275. The van der Waals surface area contributed by atoms with Crippen LogP contribution in [0.5, 0.6) is 0 Å². The molecule has 2 aliphatic rings. The number of benzene rings is 4. The van der Waals surface area contributed by atoms with Crippen LogP contribution in [0.4, 0.5) is 0 Å². The van der Waals surface area contributed by atoms with E-state index in [1.54, 1.807) is 0 Å². The van der Waals surface area contributed by atoms with Gasteiger partial charge in [-0.15, -0.1) is 0 Å². The fraction of sp³-hybridized carbons (Fsp3) is 0.103. The van der Waals surface area contributed by atoms with Gasteiger partial charge in [-0.1, -0.05) is 0 Å². The van der Waals surface area contributed by atoms with E-state index >= 15 is 0 Å². The van der Waals surface area contributed by atoms with Crippen LogP contribution in [-0.2, 0) is 33.2 Å². The number of halogens is 3. The molecule has 0 bridgehead atoms. The Morgan fingerprint density at radius 3 is 2.09 bits per heavy atom. The van der Waals surface area contributed by atoms with Gasteiger partial charge in [0.05, 0.1) is 0 Å². The average Bonchev–Trinajstić information content (AvgIpc) is 3.47. The largest absolute Gasteiger partial charge is 1.00 e. The average molecular weight is 657 g/mol. The van der Waals surface area contributed by atoms with Crippen molar-refractivity contribution in [2.75, 3.05) is 0 Å². The number of hydrogen-bond acceptors (Lipinski definition) is 1. The summed E-state index contributed by atoms with van der Waals surface area (Å²) in [4.78, 5) is 0. The van der Waals surface area contributed by atoms with E-state index in [0.29, 0.717) is 3.63 Å². The van der Waals surface area contributed by atoms with Gasteiger partial charge < -0.3 is 24.8 Å². The third-order valence-corrected chi connectivity index (χ3v) is 17.0. The Labute approximate surface area is 237 Å². The van der Waals surface area contributed by atoms with Gasteiger partial charge in [0.1, 0.15) is 0 Å². The van der Waals surface area contributed by atoms with E-state index < -0.39 is 19.7 Å². The molecule has 7 rings (SSSR count). The second-order valence-electron chi connectivity index (χ2n) is 8.99. The summed E-state index contributed by atoms with van der Waals surface area (Å²) in [5.74, 6) is 0. The first-order valence-corrected chi connectivity index (χ1v) is 18.1. The van der Waals surface area contributed by atoms with Gasteiger partial charge in [0, 0.05) is 0 Å². The molecule has 35 heavy (non-hydrogen) atoms. The number of aromatic nitrogens is 1. The van der Waals surface area contributed by atoms with E-state index in [9.17, 15) is 0 Å². The third-order valence-electron chi connectivity index (χ3n) is 7.45. The number of nitrogens with zero attached hydrogens (tertiary/aromatic N) is 1. The van der Waals surface area contributed by atoms with Crippen LogP contribution in [0.1, 0.15) is 26.0 Å². The van der Waals surface area contributed by atoms with E-state index in [0.717, 1.165) is 6.42 Å². The molecule has 0 fully saturated rings. The normalized spacial score (nSPS) is 12.6. The van der Waals surface area contributed by atoms with Gasteiger partial charge in [-0.25, -0.2) is 0 Å². The molecule has 0 spiro atoms. The van der Waals surface area contributed by atoms with E-state index in [4.69, 9.17) is 8.86 Å². The Morgan fingerprint density at radius 1 is 0.800 bits per heavy atom. The number of para-hydroxylation sites is 1. The first-order valence-electron chi connectivity index (χ1n) is 11.3. The van der Waals surface area contributed by atoms with Crippen molar-refractivity contribution in [2.24, 2.45) is 7.05 Å². The molecular formula is C29H20BrCl2NSZr. The zero-order chi connectivity index (χ0) is 22.3. The zero-order valence-corrected chi connectivity index (χ0v) is 25.2. The van der Waals surface area contributed by atoms with Crippen molar-refractivity contribution in [1.82, 2.24) is 4.57 Å². The monoisotopic (exact) mass is 653 g/mol. The van der Waals surface area contributed by atoms with Crippen molar-refractivity contribution < 1.29 is 44.5 Å². The van der Waals surface area contributed by atoms with Crippen LogP contribution < -0.4 is 28.1 Å². The van der Waals surface area contributed by atoms with Crippen LogP contribution in [-0.4, -0.2) is 4.57 Å². The van der Waals surface area contributed by atoms with Gasteiger partial charge >= 0.3 is 214 Å². The maximum Gasteiger partial charge on any atom is -1.00 e. The predicted molar refractivity (Wildman–Crippen MR) is 140 cm³/mol. The van der Waals surface area contributed by atoms with Crippen molar-refractivity contribution in [3.05, 3.63) is 112 Å². The summed E-state index contributed by atoms with van der Waals surface area (Å²) < 4.78 is 5.44. The van der Waals surface area contributed by atoms with Crippen LogP contribution in [0.25, 0.3) is 33.2 Å².